The largest absolute Gasteiger partial charge is 0.296 e. The van der Waals surface area contributed by atoms with Crippen LogP contribution in [0.25, 0.3) is 11.8 Å². The van der Waals surface area contributed by atoms with Gasteiger partial charge in [0, 0.05) is 22.7 Å². The molecule has 30 heavy (non-hydrogen) atoms. The van der Waals surface area contributed by atoms with Crippen LogP contribution in [0.5, 0.6) is 0 Å². The first-order valence-electron chi connectivity index (χ1n) is 8.87. The maximum Gasteiger partial charge on any atom is 0.296 e. The highest BCUT2D eigenvalue weighted by molar-refractivity contribution is 8.27. The Morgan fingerprint density at radius 1 is 1.00 bits per heavy atom. The Labute approximate surface area is 192 Å². The van der Waals surface area contributed by atoms with Gasteiger partial charge in [-0.1, -0.05) is 71.4 Å². The Kier molecular flexibility index (Phi) is 5.63. The van der Waals surface area contributed by atoms with Gasteiger partial charge in [0.15, 0.2) is 4.32 Å². The molecule has 0 atom stereocenters. The van der Waals surface area contributed by atoms with Crippen molar-refractivity contribution in [2.75, 3.05) is 4.90 Å². The van der Waals surface area contributed by atoms with Gasteiger partial charge in [-0.25, -0.2) is 4.68 Å². The van der Waals surface area contributed by atoms with Gasteiger partial charge in [0.05, 0.1) is 16.3 Å². The second-order valence-electron chi connectivity index (χ2n) is 6.56. The number of amides is 1. The van der Waals surface area contributed by atoms with E-state index < -0.39 is 0 Å². The second-order valence-corrected chi connectivity index (χ2v) is 9.05. The molecule has 9 heteroatoms. The summed E-state index contributed by atoms with van der Waals surface area (Å²) in [5, 5.41) is 0.852. The fourth-order valence-electron chi connectivity index (χ4n) is 3.25. The molecule has 152 valence electrons. The van der Waals surface area contributed by atoms with E-state index >= 15 is 0 Å². The molecule has 0 radical (unpaired) electrons. The van der Waals surface area contributed by atoms with Crippen LogP contribution in [-0.2, 0) is 11.8 Å². The summed E-state index contributed by atoms with van der Waals surface area (Å²) in [4.78, 5) is 28.1. The molecule has 1 saturated heterocycles. The van der Waals surface area contributed by atoms with Gasteiger partial charge in [0.2, 0.25) is 0 Å². The first-order valence-corrected chi connectivity index (χ1v) is 10.9. The average molecular weight is 476 g/mol. The van der Waals surface area contributed by atoms with Crippen LogP contribution in [0, 0.1) is 6.92 Å². The summed E-state index contributed by atoms with van der Waals surface area (Å²) in [5.74, 6) is -0.382. The van der Waals surface area contributed by atoms with Gasteiger partial charge in [0.1, 0.15) is 5.69 Å². The number of anilines is 1. The summed E-state index contributed by atoms with van der Waals surface area (Å²) < 4.78 is 3.50. The summed E-state index contributed by atoms with van der Waals surface area (Å²) in [6, 6.07) is 14.3. The van der Waals surface area contributed by atoms with Crippen molar-refractivity contribution in [2.45, 2.75) is 6.92 Å². The minimum Gasteiger partial charge on any atom is -0.283 e. The van der Waals surface area contributed by atoms with Gasteiger partial charge in [-0.05, 0) is 37.3 Å². The summed E-state index contributed by atoms with van der Waals surface area (Å²) in [6.07, 6.45) is 1.61. The predicted octanol–water partition coefficient (Wildman–Crippen LogP) is 5.20. The fraction of sp³-hybridized carbons (Fsp3) is 0.0952. The number of carbonyl (C=O) groups is 1. The number of carbonyl (C=O) groups excluding carboxylic acids is 1. The molecule has 4 rings (SSSR count). The summed E-state index contributed by atoms with van der Waals surface area (Å²) in [7, 11) is 1.77. The predicted molar refractivity (Wildman–Crippen MR) is 128 cm³/mol. The molecule has 0 N–H and O–H groups in total. The Morgan fingerprint density at radius 3 is 2.27 bits per heavy atom. The molecule has 3 aromatic rings. The molecule has 1 amide bonds. The Morgan fingerprint density at radius 2 is 1.63 bits per heavy atom. The number of rotatable bonds is 3. The lowest BCUT2D eigenvalue weighted by Gasteiger charge is -2.12. The normalized spacial score (nSPS) is 15.5. The van der Waals surface area contributed by atoms with Crippen LogP contribution in [0.4, 0.5) is 5.69 Å². The molecular formula is C21H15Cl2N3O2S2. The standard InChI is InChI=1S/C21H15Cl2N3O2S2/c1-12-18(20(28)26(24(12)2)13-7-4-3-5-8-13)25-19(27)17(30-21(25)29)11-14-15(22)9-6-10-16(14)23/h3-11H,1-2H3/b17-11+. The zero-order valence-electron chi connectivity index (χ0n) is 15.9. The Balaban J connectivity index is 1.81. The molecule has 0 bridgehead atoms. The van der Waals surface area contributed by atoms with Crippen molar-refractivity contribution >= 4 is 69.2 Å². The van der Waals surface area contributed by atoms with Crippen LogP contribution in [0.2, 0.25) is 10.0 Å². The number of thioether (sulfide) groups is 1. The zero-order valence-corrected chi connectivity index (χ0v) is 19.1. The molecule has 1 aliphatic rings. The SMILES string of the molecule is Cc1c(N2C(=O)/C(=C\c3c(Cl)cccc3Cl)SC2=S)c(=O)n(-c2ccccc2)n1C. The average Bonchev–Trinajstić information content (AvgIpc) is 3.11. The van der Waals surface area contributed by atoms with E-state index in [4.69, 9.17) is 35.4 Å². The molecule has 0 unspecified atom stereocenters. The smallest absolute Gasteiger partial charge is 0.283 e. The molecule has 1 aliphatic heterocycles. The van der Waals surface area contributed by atoms with Crippen LogP contribution in [0.15, 0.2) is 58.2 Å². The van der Waals surface area contributed by atoms with Crippen molar-refractivity contribution < 1.29 is 4.79 Å². The highest BCUT2D eigenvalue weighted by Crippen LogP contribution is 2.38. The van der Waals surface area contributed by atoms with E-state index in [1.807, 2.05) is 30.3 Å². The zero-order chi connectivity index (χ0) is 21.6. The van der Waals surface area contributed by atoms with Crippen LogP contribution in [0.1, 0.15) is 11.3 Å². The maximum atomic E-state index is 13.3. The fourth-order valence-corrected chi connectivity index (χ4v) is 5.01. The first-order chi connectivity index (χ1) is 14.3. The number of hydrogen-bond acceptors (Lipinski definition) is 4. The van der Waals surface area contributed by atoms with Gasteiger partial charge in [-0.3, -0.25) is 19.2 Å². The highest BCUT2D eigenvalue weighted by Gasteiger charge is 2.37. The van der Waals surface area contributed by atoms with E-state index in [0.717, 1.165) is 11.8 Å². The number of para-hydroxylation sites is 1. The minimum absolute atomic E-state index is 0.234. The van der Waals surface area contributed by atoms with Gasteiger partial charge >= 0.3 is 0 Å². The Hall–Kier alpha value is -2.32. The van der Waals surface area contributed by atoms with Crippen LogP contribution < -0.4 is 10.5 Å². The molecule has 2 heterocycles. The lowest BCUT2D eigenvalue weighted by molar-refractivity contribution is -0.113. The second kappa shape index (κ2) is 8.07. The third-order valence-electron chi connectivity index (χ3n) is 4.82. The van der Waals surface area contributed by atoms with Gasteiger partial charge < -0.3 is 0 Å². The van der Waals surface area contributed by atoms with Crippen LogP contribution in [-0.4, -0.2) is 19.6 Å². The monoisotopic (exact) mass is 475 g/mol. The lowest BCUT2D eigenvalue weighted by atomic mass is 10.2. The van der Waals surface area contributed by atoms with E-state index in [0.29, 0.717) is 31.9 Å². The van der Waals surface area contributed by atoms with E-state index in [1.54, 1.807) is 42.9 Å². The topological polar surface area (TPSA) is 47.2 Å². The lowest BCUT2D eigenvalue weighted by Crippen LogP contribution is -2.33. The summed E-state index contributed by atoms with van der Waals surface area (Å²) in [5.41, 5.74) is 1.76. The molecule has 2 aromatic carbocycles. The van der Waals surface area contributed by atoms with E-state index in [9.17, 15) is 9.59 Å². The Bertz CT molecular complexity index is 1260. The molecular weight excluding hydrogens is 461 g/mol. The van der Waals surface area contributed by atoms with E-state index in [1.165, 1.54) is 9.58 Å². The van der Waals surface area contributed by atoms with Crippen molar-refractivity contribution in [3.8, 4) is 5.69 Å². The number of thiocarbonyl (C=S) groups is 1. The van der Waals surface area contributed by atoms with Gasteiger partial charge in [0.25, 0.3) is 11.5 Å². The molecule has 1 fully saturated rings. The molecule has 0 aliphatic carbocycles. The van der Waals surface area contributed by atoms with Crippen molar-refractivity contribution in [3.63, 3.8) is 0 Å². The van der Waals surface area contributed by atoms with Crippen LogP contribution in [0.3, 0.4) is 0 Å². The first kappa shape index (κ1) is 20.9. The maximum absolute atomic E-state index is 13.3. The number of benzene rings is 2. The number of aromatic nitrogens is 2. The van der Waals surface area contributed by atoms with E-state index in [-0.39, 0.29) is 21.5 Å². The number of hydrogen-bond donors (Lipinski definition) is 0. The quantitative estimate of drug-likeness (QED) is 0.385. The number of nitrogens with zero attached hydrogens (tertiary/aromatic N) is 3. The third-order valence-corrected chi connectivity index (χ3v) is 6.78. The molecule has 0 saturated carbocycles. The van der Waals surface area contributed by atoms with Gasteiger partial charge in [-0.2, -0.15) is 0 Å². The summed E-state index contributed by atoms with van der Waals surface area (Å²) >= 11 is 19.0. The molecule has 0 spiro atoms. The number of halogens is 2. The van der Waals surface area contributed by atoms with Gasteiger partial charge in [-0.15, -0.1) is 0 Å². The van der Waals surface area contributed by atoms with Crippen molar-refractivity contribution in [2.24, 2.45) is 7.05 Å². The minimum atomic E-state index is -0.382. The molecule has 1 aromatic heterocycles. The van der Waals surface area contributed by atoms with Crippen molar-refractivity contribution in [3.05, 3.63) is 85.1 Å². The van der Waals surface area contributed by atoms with Crippen LogP contribution >= 0.6 is 47.2 Å². The van der Waals surface area contributed by atoms with E-state index in [2.05, 4.69) is 0 Å². The third kappa shape index (κ3) is 3.41. The van der Waals surface area contributed by atoms with Crippen molar-refractivity contribution in [1.29, 1.82) is 0 Å². The molecule has 5 nitrogen and oxygen atoms in total. The highest BCUT2D eigenvalue weighted by atomic mass is 35.5. The summed E-state index contributed by atoms with van der Waals surface area (Å²) in [6.45, 7) is 1.78. The van der Waals surface area contributed by atoms with Crippen molar-refractivity contribution in [1.82, 2.24) is 9.36 Å².